The van der Waals surface area contributed by atoms with Crippen LogP contribution in [0.15, 0.2) is 30.3 Å². The van der Waals surface area contributed by atoms with Crippen molar-refractivity contribution in [2.75, 3.05) is 33.0 Å². The number of nitrogen functional groups attached to an aromatic ring is 1. The van der Waals surface area contributed by atoms with E-state index in [-0.39, 0.29) is 0 Å². The molecule has 0 atom stereocenters. The lowest BCUT2D eigenvalue weighted by molar-refractivity contribution is 0.313. The zero-order valence-electron chi connectivity index (χ0n) is 13.3. The maximum atomic E-state index is 5.84. The minimum absolute atomic E-state index is 0.493. The fraction of sp³-hybridized carbons (Fsp3) is 0.353. The second-order valence-electron chi connectivity index (χ2n) is 4.91. The largest absolute Gasteiger partial charge is 0.496 e. The van der Waals surface area contributed by atoms with Gasteiger partial charge in [0.1, 0.15) is 23.9 Å². The molecule has 0 bridgehead atoms. The highest BCUT2D eigenvalue weighted by atomic mass is 16.5. The number of aromatic nitrogens is 1. The highest BCUT2D eigenvalue weighted by molar-refractivity contribution is 5.71. The molecule has 1 aromatic heterocycles. The van der Waals surface area contributed by atoms with Crippen molar-refractivity contribution >= 4 is 5.82 Å². The third-order valence-electron chi connectivity index (χ3n) is 3.42. The van der Waals surface area contributed by atoms with E-state index < -0.39 is 0 Å². The summed E-state index contributed by atoms with van der Waals surface area (Å²) in [6.45, 7) is 3.51. The molecule has 0 saturated carbocycles. The SMILES string of the molecule is CCc1cc(-c2cccc(N)n2)c(OC)cc1OCCNC. The summed E-state index contributed by atoms with van der Waals surface area (Å²) in [5.74, 6) is 2.07. The lowest BCUT2D eigenvalue weighted by atomic mass is 10.0. The number of rotatable bonds is 7. The van der Waals surface area contributed by atoms with Gasteiger partial charge in [0.05, 0.1) is 12.8 Å². The standard InChI is InChI=1S/C17H23N3O2/c1-4-12-10-13(14-6-5-7-17(18)20-14)16(21-3)11-15(12)22-9-8-19-2/h5-7,10-11,19H,4,8-9H2,1-3H3,(H2,18,20). The molecule has 0 saturated heterocycles. The van der Waals surface area contributed by atoms with Crippen molar-refractivity contribution in [3.8, 4) is 22.8 Å². The number of likely N-dealkylation sites (N-methyl/N-ethyl adjacent to an activating group) is 1. The van der Waals surface area contributed by atoms with Gasteiger partial charge in [-0.25, -0.2) is 4.98 Å². The van der Waals surface area contributed by atoms with E-state index in [2.05, 4.69) is 23.3 Å². The van der Waals surface area contributed by atoms with Crippen molar-refractivity contribution in [3.63, 3.8) is 0 Å². The van der Waals surface area contributed by atoms with Crippen LogP contribution < -0.4 is 20.5 Å². The second kappa shape index (κ2) is 7.66. The maximum absolute atomic E-state index is 5.84. The molecular weight excluding hydrogens is 278 g/mol. The number of nitrogens with two attached hydrogens (primary N) is 1. The zero-order valence-corrected chi connectivity index (χ0v) is 13.3. The Labute approximate surface area is 131 Å². The van der Waals surface area contributed by atoms with Gasteiger partial charge in [-0.05, 0) is 37.2 Å². The molecule has 2 rings (SSSR count). The van der Waals surface area contributed by atoms with Gasteiger partial charge in [0.25, 0.3) is 0 Å². The first kappa shape index (κ1) is 16.1. The molecule has 2 aromatic rings. The van der Waals surface area contributed by atoms with Crippen molar-refractivity contribution in [2.45, 2.75) is 13.3 Å². The molecule has 3 N–H and O–H groups in total. The third kappa shape index (κ3) is 3.68. The van der Waals surface area contributed by atoms with Gasteiger partial charge in [-0.1, -0.05) is 13.0 Å². The van der Waals surface area contributed by atoms with E-state index in [1.165, 1.54) is 0 Å². The Morgan fingerprint density at radius 3 is 2.68 bits per heavy atom. The van der Waals surface area contributed by atoms with Crippen LogP contribution in [0.2, 0.25) is 0 Å². The Balaban J connectivity index is 2.42. The van der Waals surface area contributed by atoms with E-state index >= 15 is 0 Å². The molecular formula is C17H23N3O2. The summed E-state index contributed by atoms with van der Waals surface area (Å²) >= 11 is 0. The molecule has 1 heterocycles. The predicted octanol–water partition coefficient (Wildman–Crippen LogP) is 2.50. The average molecular weight is 301 g/mol. The van der Waals surface area contributed by atoms with Crippen LogP contribution in [0.3, 0.4) is 0 Å². The molecule has 0 aliphatic rings. The molecule has 0 aliphatic heterocycles. The molecule has 5 nitrogen and oxygen atoms in total. The highest BCUT2D eigenvalue weighted by Gasteiger charge is 2.13. The fourth-order valence-corrected chi connectivity index (χ4v) is 2.25. The molecule has 0 unspecified atom stereocenters. The Bertz CT molecular complexity index is 629. The van der Waals surface area contributed by atoms with E-state index in [4.69, 9.17) is 15.2 Å². The van der Waals surface area contributed by atoms with E-state index in [1.54, 1.807) is 13.2 Å². The summed E-state index contributed by atoms with van der Waals surface area (Å²) in [5.41, 5.74) is 8.63. The van der Waals surface area contributed by atoms with Crippen LogP contribution in [-0.2, 0) is 6.42 Å². The van der Waals surface area contributed by atoms with E-state index in [0.717, 1.165) is 41.3 Å². The summed E-state index contributed by atoms with van der Waals surface area (Å²) in [7, 11) is 3.55. The molecule has 118 valence electrons. The number of aryl methyl sites for hydroxylation is 1. The second-order valence-corrected chi connectivity index (χ2v) is 4.91. The third-order valence-corrected chi connectivity index (χ3v) is 3.42. The fourth-order valence-electron chi connectivity index (χ4n) is 2.25. The maximum Gasteiger partial charge on any atom is 0.131 e. The van der Waals surface area contributed by atoms with Gasteiger partial charge in [-0.15, -0.1) is 0 Å². The summed E-state index contributed by atoms with van der Waals surface area (Å²) < 4.78 is 11.3. The van der Waals surface area contributed by atoms with Gasteiger partial charge < -0.3 is 20.5 Å². The van der Waals surface area contributed by atoms with Crippen molar-refractivity contribution in [1.82, 2.24) is 10.3 Å². The van der Waals surface area contributed by atoms with Crippen LogP contribution >= 0.6 is 0 Å². The van der Waals surface area contributed by atoms with Gasteiger partial charge >= 0.3 is 0 Å². The number of nitrogens with zero attached hydrogens (tertiary/aromatic N) is 1. The zero-order chi connectivity index (χ0) is 15.9. The minimum Gasteiger partial charge on any atom is -0.496 e. The van der Waals surface area contributed by atoms with Gasteiger partial charge in [0.2, 0.25) is 0 Å². The van der Waals surface area contributed by atoms with Gasteiger partial charge in [-0.2, -0.15) is 0 Å². The monoisotopic (exact) mass is 301 g/mol. The van der Waals surface area contributed by atoms with Crippen LogP contribution in [0.25, 0.3) is 11.3 Å². The van der Waals surface area contributed by atoms with Crippen molar-refractivity contribution < 1.29 is 9.47 Å². The minimum atomic E-state index is 0.493. The molecule has 0 spiro atoms. The van der Waals surface area contributed by atoms with Gasteiger partial charge in [-0.3, -0.25) is 0 Å². The summed E-state index contributed by atoms with van der Waals surface area (Å²) in [6, 6.07) is 9.57. The van der Waals surface area contributed by atoms with Crippen molar-refractivity contribution in [2.24, 2.45) is 0 Å². The number of benzene rings is 1. The van der Waals surface area contributed by atoms with Crippen LogP contribution in [0.1, 0.15) is 12.5 Å². The molecule has 22 heavy (non-hydrogen) atoms. The number of ether oxygens (including phenoxy) is 2. The van der Waals surface area contributed by atoms with Crippen LogP contribution in [0, 0.1) is 0 Å². The Morgan fingerprint density at radius 1 is 1.23 bits per heavy atom. The number of methoxy groups -OCH3 is 1. The molecule has 0 aliphatic carbocycles. The number of nitrogens with one attached hydrogen (secondary N) is 1. The Morgan fingerprint density at radius 2 is 2.05 bits per heavy atom. The molecule has 0 radical (unpaired) electrons. The normalized spacial score (nSPS) is 10.5. The van der Waals surface area contributed by atoms with Crippen LogP contribution in [0.4, 0.5) is 5.82 Å². The summed E-state index contributed by atoms with van der Waals surface area (Å²) in [5, 5.41) is 3.07. The first-order chi connectivity index (χ1) is 10.7. The van der Waals surface area contributed by atoms with E-state index in [1.807, 2.05) is 25.2 Å². The molecule has 1 aromatic carbocycles. The van der Waals surface area contributed by atoms with Crippen molar-refractivity contribution in [3.05, 3.63) is 35.9 Å². The number of pyridine rings is 1. The topological polar surface area (TPSA) is 69.4 Å². The van der Waals surface area contributed by atoms with Crippen LogP contribution in [0.5, 0.6) is 11.5 Å². The lowest BCUT2D eigenvalue weighted by Crippen LogP contribution is -2.16. The van der Waals surface area contributed by atoms with Crippen LogP contribution in [-0.4, -0.2) is 32.3 Å². The van der Waals surface area contributed by atoms with Crippen molar-refractivity contribution in [1.29, 1.82) is 0 Å². The lowest BCUT2D eigenvalue weighted by Gasteiger charge is -2.15. The van der Waals surface area contributed by atoms with Gasteiger partial charge in [0, 0.05) is 18.2 Å². The Kier molecular flexibility index (Phi) is 5.61. The highest BCUT2D eigenvalue weighted by Crippen LogP contribution is 2.35. The number of anilines is 1. The molecule has 0 amide bonds. The smallest absolute Gasteiger partial charge is 0.131 e. The summed E-state index contributed by atoms with van der Waals surface area (Å²) in [6.07, 6.45) is 0.869. The van der Waals surface area contributed by atoms with E-state index in [0.29, 0.717) is 12.4 Å². The van der Waals surface area contributed by atoms with E-state index in [9.17, 15) is 0 Å². The predicted molar refractivity (Wildman–Crippen MR) is 89.4 cm³/mol. The number of hydrogen-bond acceptors (Lipinski definition) is 5. The Hall–Kier alpha value is -2.27. The quantitative estimate of drug-likeness (QED) is 0.769. The molecule has 0 fully saturated rings. The number of hydrogen-bond donors (Lipinski definition) is 2. The first-order valence-electron chi connectivity index (χ1n) is 7.40. The van der Waals surface area contributed by atoms with Gasteiger partial charge in [0.15, 0.2) is 0 Å². The average Bonchev–Trinajstić information content (AvgIpc) is 2.54. The first-order valence-corrected chi connectivity index (χ1v) is 7.40. The molecule has 5 heteroatoms. The summed E-state index contributed by atoms with van der Waals surface area (Å²) in [4.78, 5) is 4.38.